The normalized spacial score (nSPS) is 15.5. The fraction of sp³-hybridized carbons (Fsp3) is 0.200. The van der Waals surface area contributed by atoms with E-state index in [4.69, 9.17) is 4.84 Å². The molecule has 3 aromatic rings. The molecule has 0 saturated carbocycles. The molecule has 0 radical (unpaired) electrons. The Balaban J connectivity index is 1.50. The van der Waals surface area contributed by atoms with Crippen molar-refractivity contribution in [3.63, 3.8) is 0 Å². The third-order valence-corrected chi connectivity index (χ3v) is 4.62. The molecule has 1 aliphatic carbocycles. The molecule has 0 spiro atoms. The highest BCUT2D eigenvalue weighted by molar-refractivity contribution is 6.06. The van der Waals surface area contributed by atoms with E-state index in [2.05, 4.69) is 15.5 Å². The number of aryl methyl sites for hydroxylation is 1. The van der Waals surface area contributed by atoms with E-state index < -0.39 is 17.8 Å². The summed E-state index contributed by atoms with van der Waals surface area (Å²) in [6, 6.07) is 12.2. The van der Waals surface area contributed by atoms with Gasteiger partial charge in [-0.3, -0.25) is 10.2 Å². The molecule has 0 bridgehead atoms. The molecule has 1 amide bonds. The largest absolute Gasteiger partial charge is 0.437 e. The molecule has 1 heterocycles. The van der Waals surface area contributed by atoms with Crippen LogP contribution in [0, 0.1) is 0 Å². The summed E-state index contributed by atoms with van der Waals surface area (Å²) in [6.45, 7) is 0. The number of aromatic nitrogens is 1. The van der Waals surface area contributed by atoms with Gasteiger partial charge in [0.1, 0.15) is 5.71 Å². The number of oxime groups is 1. The maximum absolute atomic E-state index is 12.8. The summed E-state index contributed by atoms with van der Waals surface area (Å²) in [5.41, 5.74) is 2.68. The van der Waals surface area contributed by atoms with Gasteiger partial charge in [-0.2, -0.15) is 13.2 Å². The predicted octanol–water partition coefficient (Wildman–Crippen LogP) is 5.48. The summed E-state index contributed by atoms with van der Waals surface area (Å²) in [7, 11) is 0. The lowest BCUT2D eigenvalue weighted by atomic mass is 9.94. The molecule has 0 fully saturated rings. The number of H-pyrrole nitrogens is 1. The first-order valence-corrected chi connectivity index (χ1v) is 8.74. The van der Waals surface area contributed by atoms with Gasteiger partial charge in [0.05, 0.1) is 11.3 Å². The number of amides is 1. The smallest absolute Gasteiger partial charge is 0.353 e. The van der Waals surface area contributed by atoms with Crippen LogP contribution in [0.4, 0.5) is 23.7 Å². The summed E-state index contributed by atoms with van der Waals surface area (Å²) in [4.78, 5) is 20.2. The van der Waals surface area contributed by atoms with Gasteiger partial charge in [-0.1, -0.05) is 29.4 Å². The van der Waals surface area contributed by atoms with Gasteiger partial charge in [-0.25, -0.2) is 4.79 Å². The Morgan fingerprint density at radius 3 is 2.75 bits per heavy atom. The van der Waals surface area contributed by atoms with Gasteiger partial charge >= 0.3 is 12.3 Å². The Bertz CT molecular complexity index is 1070. The van der Waals surface area contributed by atoms with Crippen molar-refractivity contribution >= 4 is 28.4 Å². The third-order valence-electron chi connectivity index (χ3n) is 4.62. The van der Waals surface area contributed by atoms with Gasteiger partial charge in [0, 0.05) is 16.6 Å². The first kappa shape index (κ1) is 18.1. The first-order valence-electron chi connectivity index (χ1n) is 8.74. The maximum Gasteiger partial charge on any atom is 0.437 e. The second-order valence-corrected chi connectivity index (χ2v) is 6.50. The molecular formula is C20H16F3N3O2. The molecule has 1 aliphatic rings. The number of hydrogen-bond donors (Lipinski definition) is 2. The number of para-hydroxylation sites is 1. The quantitative estimate of drug-likeness (QED) is 0.452. The van der Waals surface area contributed by atoms with Gasteiger partial charge in [-0.15, -0.1) is 0 Å². The zero-order valence-corrected chi connectivity index (χ0v) is 14.6. The van der Waals surface area contributed by atoms with E-state index in [9.17, 15) is 18.0 Å². The number of carbonyl (C=O) groups excluding carboxylic acids is 1. The zero-order chi connectivity index (χ0) is 19.7. The van der Waals surface area contributed by atoms with Gasteiger partial charge in [0.25, 0.3) is 0 Å². The van der Waals surface area contributed by atoms with Crippen molar-refractivity contribution in [2.75, 3.05) is 5.32 Å². The standard InChI is InChI=1S/C20H16F3N3O2/c21-20(22,23)12-5-3-6-13(11-12)24-19(27)28-26-17-10-4-8-15-14-7-1-2-9-16(14)25-18(15)17/h1-3,5-7,9,11,25H,4,8,10H2,(H,24,27)/b26-17+. The van der Waals surface area contributed by atoms with Crippen LogP contribution in [0.3, 0.4) is 0 Å². The van der Waals surface area contributed by atoms with Crippen molar-refractivity contribution < 1.29 is 22.8 Å². The van der Waals surface area contributed by atoms with Gasteiger partial charge < -0.3 is 4.98 Å². The highest BCUT2D eigenvalue weighted by Crippen LogP contribution is 2.31. The van der Waals surface area contributed by atoms with Crippen LogP contribution in [0.2, 0.25) is 0 Å². The Morgan fingerprint density at radius 2 is 1.93 bits per heavy atom. The molecule has 0 atom stereocenters. The minimum Gasteiger partial charge on any atom is -0.353 e. The zero-order valence-electron chi connectivity index (χ0n) is 14.6. The number of nitrogens with one attached hydrogen (secondary N) is 2. The van der Waals surface area contributed by atoms with Crippen LogP contribution in [-0.4, -0.2) is 16.8 Å². The van der Waals surface area contributed by atoms with Crippen LogP contribution < -0.4 is 5.32 Å². The van der Waals surface area contributed by atoms with Gasteiger partial charge in [0.2, 0.25) is 0 Å². The number of fused-ring (bicyclic) bond motifs is 3. The molecule has 0 aliphatic heterocycles. The first-order chi connectivity index (χ1) is 13.4. The predicted molar refractivity (Wildman–Crippen MR) is 99.3 cm³/mol. The number of hydrogen-bond acceptors (Lipinski definition) is 3. The second-order valence-electron chi connectivity index (χ2n) is 6.50. The number of halogens is 3. The molecule has 8 heteroatoms. The second kappa shape index (κ2) is 7.03. The van der Waals surface area contributed by atoms with Crippen molar-refractivity contribution in [3.8, 4) is 0 Å². The van der Waals surface area contributed by atoms with Crippen molar-refractivity contribution in [2.24, 2.45) is 5.16 Å². The summed E-state index contributed by atoms with van der Waals surface area (Å²) in [6.07, 6.45) is -3.04. The van der Waals surface area contributed by atoms with E-state index in [1.54, 1.807) is 0 Å². The minimum atomic E-state index is -4.49. The summed E-state index contributed by atoms with van der Waals surface area (Å²) >= 11 is 0. The topological polar surface area (TPSA) is 66.5 Å². The number of aromatic amines is 1. The molecule has 2 N–H and O–H groups in total. The molecular weight excluding hydrogens is 371 g/mol. The van der Waals surface area contributed by atoms with Crippen molar-refractivity contribution in [1.82, 2.24) is 4.98 Å². The number of alkyl halides is 3. The Kier molecular flexibility index (Phi) is 4.54. The molecule has 28 heavy (non-hydrogen) atoms. The average Bonchev–Trinajstić information content (AvgIpc) is 3.05. The number of nitrogens with zero attached hydrogens (tertiary/aromatic N) is 1. The van der Waals surface area contributed by atoms with Crippen LogP contribution in [-0.2, 0) is 17.4 Å². The molecule has 4 rings (SSSR count). The Labute approximate surface area is 158 Å². The maximum atomic E-state index is 12.8. The van der Waals surface area contributed by atoms with Crippen molar-refractivity contribution in [2.45, 2.75) is 25.4 Å². The van der Waals surface area contributed by atoms with Crippen LogP contribution in [0.25, 0.3) is 10.9 Å². The molecule has 144 valence electrons. The summed E-state index contributed by atoms with van der Waals surface area (Å²) < 4.78 is 38.3. The molecule has 5 nitrogen and oxygen atoms in total. The van der Waals surface area contributed by atoms with Crippen molar-refractivity contribution in [1.29, 1.82) is 0 Å². The number of rotatable bonds is 2. The van der Waals surface area contributed by atoms with E-state index in [-0.39, 0.29) is 5.69 Å². The lowest BCUT2D eigenvalue weighted by Crippen LogP contribution is -2.16. The summed E-state index contributed by atoms with van der Waals surface area (Å²) in [5, 5.41) is 7.31. The van der Waals surface area contributed by atoms with Crippen LogP contribution in [0.1, 0.15) is 29.7 Å². The van der Waals surface area contributed by atoms with E-state index >= 15 is 0 Å². The number of benzene rings is 2. The van der Waals surface area contributed by atoms with Crippen LogP contribution in [0.5, 0.6) is 0 Å². The van der Waals surface area contributed by atoms with Gasteiger partial charge in [-0.05, 0) is 49.1 Å². The number of carbonyl (C=O) groups is 1. The minimum absolute atomic E-state index is 0.0185. The van der Waals surface area contributed by atoms with E-state index in [0.29, 0.717) is 12.1 Å². The van der Waals surface area contributed by atoms with Crippen molar-refractivity contribution in [3.05, 3.63) is 65.4 Å². The van der Waals surface area contributed by atoms with E-state index in [1.165, 1.54) is 12.1 Å². The molecule has 0 unspecified atom stereocenters. The lowest BCUT2D eigenvalue weighted by molar-refractivity contribution is -0.137. The highest BCUT2D eigenvalue weighted by atomic mass is 19.4. The fourth-order valence-electron chi connectivity index (χ4n) is 3.37. The SMILES string of the molecule is O=C(Nc1cccc(C(F)(F)F)c1)O/N=C1\CCCc2c1[nH]c1ccccc21. The van der Waals surface area contributed by atoms with Crippen LogP contribution >= 0.6 is 0 Å². The number of anilines is 1. The van der Waals surface area contributed by atoms with Crippen LogP contribution in [0.15, 0.2) is 53.7 Å². The van der Waals surface area contributed by atoms with E-state index in [0.717, 1.165) is 47.1 Å². The Hall–Kier alpha value is -3.29. The highest BCUT2D eigenvalue weighted by Gasteiger charge is 2.30. The Morgan fingerprint density at radius 1 is 1.11 bits per heavy atom. The monoisotopic (exact) mass is 387 g/mol. The molecule has 0 saturated heterocycles. The fourth-order valence-corrected chi connectivity index (χ4v) is 3.37. The molecule has 2 aromatic carbocycles. The third kappa shape index (κ3) is 3.58. The lowest BCUT2D eigenvalue weighted by Gasteiger charge is -2.13. The summed E-state index contributed by atoms with van der Waals surface area (Å²) in [5.74, 6) is 0. The van der Waals surface area contributed by atoms with Gasteiger partial charge in [0.15, 0.2) is 0 Å². The molecule has 1 aromatic heterocycles. The van der Waals surface area contributed by atoms with E-state index in [1.807, 2.05) is 24.3 Å². The average molecular weight is 387 g/mol.